The summed E-state index contributed by atoms with van der Waals surface area (Å²) < 4.78 is 0. The molecule has 4 nitrogen and oxygen atoms in total. The van der Waals surface area contributed by atoms with Crippen LogP contribution in [0.1, 0.15) is 5.56 Å². The lowest BCUT2D eigenvalue weighted by atomic mass is 10.1. The van der Waals surface area contributed by atoms with Crippen LogP contribution in [-0.4, -0.2) is 11.0 Å². The van der Waals surface area contributed by atoms with E-state index in [4.69, 9.17) is 29.0 Å². The molecule has 7 heteroatoms. The topological polar surface area (TPSA) is 75.3 Å². The van der Waals surface area contributed by atoms with E-state index in [1.807, 2.05) is 5.43 Å². The number of hydrogen-bond acceptors (Lipinski definition) is 4. The van der Waals surface area contributed by atoms with Crippen LogP contribution in [0.3, 0.4) is 0 Å². The molecule has 0 aliphatic carbocycles. The Labute approximate surface area is 123 Å². The van der Waals surface area contributed by atoms with Gasteiger partial charge in [-0.2, -0.15) is 0 Å². The Morgan fingerprint density at radius 1 is 1.37 bits per heavy atom. The number of thiophene rings is 1. The largest absolute Gasteiger partial charge is 0.506 e. The molecule has 0 radical (unpaired) electrons. The molecule has 1 amide bonds. The van der Waals surface area contributed by atoms with E-state index in [-0.39, 0.29) is 18.1 Å². The number of carbonyl (C=O) groups excluding carboxylic acids is 1. The van der Waals surface area contributed by atoms with Crippen molar-refractivity contribution in [1.82, 2.24) is 5.43 Å². The third-order valence-electron chi connectivity index (χ3n) is 2.53. The summed E-state index contributed by atoms with van der Waals surface area (Å²) in [6.45, 7) is 0. The van der Waals surface area contributed by atoms with E-state index in [2.05, 4.69) is 0 Å². The lowest BCUT2D eigenvalue weighted by Crippen LogP contribution is -2.31. The van der Waals surface area contributed by atoms with Gasteiger partial charge in [0, 0.05) is 5.56 Å². The van der Waals surface area contributed by atoms with E-state index < -0.39 is 0 Å². The number of nitrogens with one attached hydrogen (secondary N) is 1. The second kappa shape index (κ2) is 5.79. The Morgan fingerprint density at radius 3 is 2.74 bits per heavy atom. The Hall–Kier alpha value is -1.27. The molecule has 2 aromatic rings. The molecule has 100 valence electrons. The van der Waals surface area contributed by atoms with Gasteiger partial charge < -0.3 is 5.11 Å². The SMILES string of the molecule is NNC(=O)Cc1csc(-c2ccc(Cl)c(Cl)c2)c1O. The van der Waals surface area contributed by atoms with Crippen LogP contribution in [0, 0.1) is 0 Å². The minimum atomic E-state index is -0.367. The maximum absolute atomic E-state index is 11.2. The molecule has 1 aromatic heterocycles. The third kappa shape index (κ3) is 3.01. The number of carbonyl (C=O) groups is 1. The van der Waals surface area contributed by atoms with Crippen LogP contribution in [0.4, 0.5) is 0 Å². The summed E-state index contributed by atoms with van der Waals surface area (Å²) in [5.74, 6) is 4.71. The van der Waals surface area contributed by atoms with Crippen molar-refractivity contribution in [2.24, 2.45) is 5.84 Å². The summed E-state index contributed by atoms with van der Waals surface area (Å²) in [7, 11) is 0. The van der Waals surface area contributed by atoms with Gasteiger partial charge in [0.1, 0.15) is 5.75 Å². The number of amides is 1. The lowest BCUT2D eigenvalue weighted by Gasteiger charge is -2.03. The molecule has 0 atom stereocenters. The molecule has 0 aliphatic rings. The molecule has 0 saturated carbocycles. The third-order valence-corrected chi connectivity index (χ3v) is 4.34. The first-order valence-electron chi connectivity index (χ1n) is 5.27. The van der Waals surface area contributed by atoms with Gasteiger partial charge in [-0.15, -0.1) is 11.3 Å². The van der Waals surface area contributed by atoms with Gasteiger partial charge in [0.05, 0.1) is 21.3 Å². The fourth-order valence-electron chi connectivity index (χ4n) is 1.58. The fraction of sp³-hybridized carbons (Fsp3) is 0.0833. The second-order valence-electron chi connectivity index (χ2n) is 3.81. The van der Waals surface area contributed by atoms with Crippen molar-refractivity contribution in [3.05, 3.63) is 39.2 Å². The van der Waals surface area contributed by atoms with Crippen molar-refractivity contribution >= 4 is 40.4 Å². The summed E-state index contributed by atoms with van der Waals surface area (Å²) in [4.78, 5) is 11.8. The molecular weight excluding hydrogens is 307 g/mol. The summed E-state index contributed by atoms with van der Waals surface area (Å²) in [6, 6.07) is 5.08. The van der Waals surface area contributed by atoms with Crippen LogP contribution in [0.25, 0.3) is 10.4 Å². The number of rotatable bonds is 3. The average Bonchev–Trinajstić information content (AvgIpc) is 2.74. The van der Waals surface area contributed by atoms with Gasteiger partial charge in [-0.25, -0.2) is 5.84 Å². The Kier molecular flexibility index (Phi) is 4.31. The molecule has 1 aromatic carbocycles. The highest BCUT2D eigenvalue weighted by Crippen LogP contribution is 2.40. The first kappa shape index (κ1) is 14.1. The molecule has 0 unspecified atom stereocenters. The Balaban J connectivity index is 2.35. The Morgan fingerprint density at radius 2 is 2.11 bits per heavy atom. The first-order chi connectivity index (χ1) is 9.02. The normalized spacial score (nSPS) is 10.5. The van der Waals surface area contributed by atoms with E-state index in [1.54, 1.807) is 23.6 Å². The summed E-state index contributed by atoms with van der Waals surface area (Å²) in [5.41, 5.74) is 3.29. The zero-order valence-electron chi connectivity index (χ0n) is 9.61. The van der Waals surface area contributed by atoms with Gasteiger partial charge >= 0.3 is 0 Å². The van der Waals surface area contributed by atoms with Crippen molar-refractivity contribution in [3.8, 4) is 16.2 Å². The van der Waals surface area contributed by atoms with Gasteiger partial charge in [-0.3, -0.25) is 10.2 Å². The van der Waals surface area contributed by atoms with E-state index in [0.29, 0.717) is 20.5 Å². The molecule has 0 aliphatic heterocycles. The van der Waals surface area contributed by atoms with Crippen molar-refractivity contribution in [2.75, 3.05) is 0 Å². The predicted octanol–water partition coefficient (Wildman–Crippen LogP) is 2.96. The average molecular weight is 317 g/mol. The number of hydrazine groups is 1. The van der Waals surface area contributed by atoms with E-state index >= 15 is 0 Å². The molecule has 0 fully saturated rings. The number of halogens is 2. The van der Waals surface area contributed by atoms with Crippen molar-refractivity contribution in [3.63, 3.8) is 0 Å². The minimum Gasteiger partial charge on any atom is -0.506 e. The summed E-state index contributed by atoms with van der Waals surface area (Å²) in [6.07, 6.45) is 0.0279. The van der Waals surface area contributed by atoms with Crippen molar-refractivity contribution in [2.45, 2.75) is 6.42 Å². The second-order valence-corrected chi connectivity index (χ2v) is 5.51. The molecule has 0 saturated heterocycles. The van der Waals surface area contributed by atoms with Crippen LogP contribution in [-0.2, 0) is 11.2 Å². The Bertz CT molecular complexity index is 628. The molecule has 1 heterocycles. The highest BCUT2D eigenvalue weighted by molar-refractivity contribution is 7.14. The van der Waals surface area contributed by atoms with Crippen molar-refractivity contribution in [1.29, 1.82) is 0 Å². The fourth-order valence-corrected chi connectivity index (χ4v) is 2.84. The maximum atomic E-state index is 11.2. The number of benzene rings is 1. The first-order valence-corrected chi connectivity index (χ1v) is 6.90. The zero-order valence-corrected chi connectivity index (χ0v) is 11.9. The van der Waals surface area contributed by atoms with Crippen LogP contribution >= 0.6 is 34.5 Å². The molecule has 4 N–H and O–H groups in total. The van der Waals surface area contributed by atoms with Gasteiger partial charge in [-0.05, 0) is 23.1 Å². The van der Waals surface area contributed by atoms with Gasteiger partial charge in [0.15, 0.2) is 0 Å². The zero-order chi connectivity index (χ0) is 14.0. The lowest BCUT2D eigenvalue weighted by molar-refractivity contribution is -0.120. The van der Waals surface area contributed by atoms with Crippen LogP contribution < -0.4 is 11.3 Å². The molecule has 19 heavy (non-hydrogen) atoms. The summed E-state index contributed by atoms with van der Waals surface area (Å²) >= 11 is 13.1. The van der Waals surface area contributed by atoms with Crippen LogP contribution in [0.5, 0.6) is 5.75 Å². The number of hydrogen-bond donors (Lipinski definition) is 3. The molecule has 0 bridgehead atoms. The molecule has 0 spiro atoms. The van der Waals surface area contributed by atoms with E-state index in [9.17, 15) is 9.90 Å². The van der Waals surface area contributed by atoms with Crippen molar-refractivity contribution < 1.29 is 9.90 Å². The number of nitrogens with two attached hydrogens (primary N) is 1. The highest BCUT2D eigenvalue weighted by atomic mass is 35.5. The predicted molar refractivity (Wildman–Crippen MR) is 77.5 cm³/mol. The van der Waals surface area contributed by atoms with E-state index in [0.717, 1.165) is 5.56 Å². The summed E-state index contributed by atoms with van der Waals surface area (Å²) in [5, 5.41) is 12.7. The number of aromatic hydroxyl groups is 1. The molecule has 2 rings (SSSR count). The van der Waals surface area contributed by atoms with Gasteiger partial charge in [-0.1, -0.05) is 29.3 Å². The van der Waals surface area contributed by atoms with Gasteiger partial charge in [0.25, 0.3) is 0 Å². The quantitative estimate of drug-likeness (QED) is 0.463. The maximum Gasteiger partial charge on any atom is 0.238 e. The van der Waals surface area contributed by atoms with E-state index in [1.165, 1.54) is 11.3 Å². The molecular formula is C12H10Cl2N2O2S. The highest BCUT2D eigenvalue weighted by Gasteiger charge is 2.15. The monoisotopic (exact) mass is 316 g/mol. The minimum absolute atomic E-state index is 0.0279. The van der Waals surface area contributed by atoms with Gasteiger partial charge in [0.2, 0.25) is 5.91 Å². The van der Waals surface area contributed by atoms with Crippen LogP contribution in [0.2, 0.25) is 10.0 Å². The van der Waals surface area contributed by atoms with Crippen LogP contribution in [0.15, 0.2) is 23.6 Å². The standard InChI is InChI=1S/C12H10Cl2N2O2S/c13-8-2-1-6(3-9(8)14)12-11(18)7(5-19-12)4-10(17)16-15/h1-3,5,18H,4,15H2,(H,16,17). The smallest absolute Gasteiger partial charge is 0.238 e.